The molecule has 1 heterocycles. The van der Waals surface area contributed by atoms with Crippen LogP contribution in [0.5, 0.6) is 0 Å². The largest absolute Gasteiger partial charge is 0.269 e. The average Bonchev–Trinajstić information content (AvgIpc) is 2.66. The summed E-state index contributed by atoms with van der Waals surface area (Å²) in [6.07, 6.45) is 3.88. The van der Waals surface area contributed by atoms with Crippen molar-refractivity contribution in [3.63, 3.8) is 0 Å². The lowest BCUT2D eigenvalue weighted by Gasteiger charge is -2.06. The van der Waals surface area contributed by atoms with E-state index >= 15 is 0 Å². The van der Waals surface area contributed by atoms with Crippen molar-refractivity contribution in [2.75, 3.05) is 0 Å². The standard InChI is InChI=1S/C21H14N2O2/c24-23(25)16-12-9-15(10-13-16)11-14-21-19-6-2-1-5-17(19)18-7-3-4-8-20(18)22-21/h1-14H. The van der Waals surface area contributed by atoms with Gasteiger partial charge in [0.2, 0.25) is 0 Å². The van der Waals surface area contributed by atoms with E-state index in [1.807, 2.05) is 42.5 Å². The van der Waals surface area contributed by atoms with Gasteiger partial charge in [-0.2, -0.15) is 0 Å². The van der Waals surface area contributed by atoms with Crippen molar-refractivity contribution < 1.29 is 4.92 Å². The maximum absolute atomic E-state index is 10.7. The minimum Gasteiger partial charge on any atom is -0.258 e. The Hall–Kier alpha value is -3.53. The number of non-ortho nitro benzene ring substituents is 1. The minimum atomic E-state index is -0.397. The van der Waals surface area contributed by atoms with Crippen LogP contribution in [-0.2, 0) is 0 Å². The fraction of sp³-hybridized carbons (Fsp3) is 0. The molecule has 3 aromatic carbocycles. The Morgan fingerprint density at radius 3 is 2.12 bits per heavy atom. The third kappa shape index (κ3) is 2.85. The normalized spacial score (nSPS) is 11.4. The summed E-state index contributed by atoms with van der Waals surface area (Å²) in [5, 5.41) is 14.1. The fourth-order valence-corrected chi connectivity index (χ4v) is 2.94. The van der Waals surface area contributed by atoms with E-state index in [4.69, 9.17) is 4.98 Å². The first-order valence-electron chi connectivity index (χ1n) is 7.92. The lowest BCUT2D eigenvalue weighted by molar-refractivity contribution is -0.384. The summed E-state index contributed by atoms with van der Waals surface area (Å²) in [6, 6.07) is 22.7. The lowest BCUT2D eigenvalue weighted by atomic mass is 10.0. The fourth-order valence-electron chi connectivity index (χ4n) is 2.94. The molecule has 0 unspecified atom stereocenters. The third-order valence-corrected chi connectivity index (χ3v) is 4.18. The topological polar surface area (TPSA) is 56.0 Å². The number of aromatic nitrogens is 1. The van der Waals surface area contributed by atoms with Gasteiger partial charge in [-0.25, -0.2) is 4.98 Å². The average molecular weight is 326 g/mol. The number of hydrogen-bond acceptors (Lipinski definition) is 3. The molecule has 0 fully saturated rings. The SMILES string of the molecule is O=[N+]([O-])c1ccc(C=Cc2nc3ccccc3c3ccccc23)cc1. The zero-order valence-corrected chi connectivity index (χ0v) is 13.3. The van der Waals surface area contributed by atoms with E-state index in [9.17, 15) is 10.1 Å². The van der Waals surface area contributed by atoms with Crippen LogP contribution in [0.1, 0.15) is 11.3 Å². The molecule has 4 heteroatoms. The van der Waals surface area contributed by atoms with Crippen LogP contribution < -0.4 is 0 Å². The van der Waals surface area contributed by atoms with Gasteiger partial charge in [-0.15, -0.1) is 0 Å². The molecule has 0 bridgehead atoms. The maximum Gasteiger partial charge on any atom is 0.269 e. The number of rotatable bonds is 3. The molecular weight excluding hydrogens is 312 g/mol. The number of para-hydroxylation sites is 1. The monoisotopic (exact) mass is 326 g/mol. The highest BCUT2D eigenvalue weighted by atomic mass is 16.6. The van der Waals surface area contributed by atoms with Crippen LogP contribution in [-0.4, -0.2) is 9.91 Å². The zero-order valence-electron chi connectivity index (χ0n) is 13.3. The van der Waals surface area contributed by atoms with Crippen LogP contribution in [0.4, 0.5) is 5.69 Å². The molecule has 120 valence electrons. The second kappa shape index (κ2) is 6.17. The van der Waals surface area contributed by atoms with Gasteiger partial charge < -0.3 is 0 Å². The Labute approximate surface area is 144 Å². The summed E-state index contributed by atoms with van der Waals surface area (Å²) >= 11 is 0. The molecule has 0 saturated carbocycles. The molecule has 0 saturated heterocycles. The Balaban J connectivity index is 1.81. The highest BCUT2D eigenvalue weighted by Gasteiger charge is 2.06. The van der Waals surface area contributed by atoms with Crippen LogP contribution in [0.15, 0.2) is 72.8 Å². The van der Waals surface area contributed by atoms with Gasteiger partial charge in [-0.1, -0.05) is 48.5 Å². The van der Waals surface area contributed by atoms with Crippen molar-refractivity contribution in [3.8, 4) is 0 Å². The smallest absolute Gasteiger partial charge is 0.258 e. The van der Waals surface area contributed by atoms with E-state index < -0.39 is 4.92 Å². The molecule has 0 aliphatic carbocycles. The summed E-state index contributed by atoms with van der Waals surface area (Å²) in [6.45, 7) is 0. The van der Waals surface area contributed by atoms with Crippen LogP contribution in [0, 0.1) is 10.1 Å². The molecule has 25 heavy (non-hydrogen) atoms. The number of nitro benzene ring substituents is 1. The van der Waals surface area contributed by atoms with E-state index in [2.05, 4.69) is 18.2 Å². The summed E-state index contributed by atoms with van der Waals surface area (Å²) in [5.41, 5.74) is 2.81. The molecule has 4 rings (SSSR count). The summed E-state index contributed by atoms with van der Waals surface area (Å²) in [7, 11) is 0. The first-order valence-corrected chi connectivity index (χ1v) is 7.92. The number of pyridine rings is 1. The van der Waals surface area contributed by atoms with Crippen molar-refractivity contribution >= 4 is 39.5 Å². The quantitative estimate of drug-likeness (QED) is 0.285. The number of hydrogen-bond donors (Lipinski definition) is 0. The third-order valence-electron chi connectivity index (χ3n) is 4.18. The second-order valence-corrected chi connectivity index (χ2v) is 5.74. The van der Waals surface area contributed by atoms with Gasteiger partial charge in [0.15, 0.2) is 0 Å². The first kappa shape index (κ1) is 15.0. The molecule has 1 aromatic heterocycles. The van der Waals surface area contributed by atoms with Gasteiger partial charge in [0, 0.05) is 22.9 Å². The highest BCUT2D eigenvalue weighted by molar-refractivity contribution is 6.08. The van der Waals surface area contributed by atoms with Gasteiger partial charge >= 0.3 is 0 Å². The molecule has 0 aliphatic heterocycles. The molecule has 4 nitrogen and oxygen atoms in total. The molecule has 4 aromatic rings. The number of nitro groups is 1. The van der Waals surface area contributed by atoms with E-state index in [1.165, 1.54) is 12.1 Å². The van der Waals surface area contributed by atoms with Crippen LogP contribution in [0.25, 0.3) is 33.8 Å². The second-order valence-electron chi connectivity index (χ2n) is 5.74. The molecule has 0 amide bonds. The van der Waals surface area contributed by atoms with Gasteiger partial charge in [0.1, 0.15) is 0 Å². The lowest BCUT2D eigenvalue weighted by Crippen LogP contribution is -1.88. The summed E-state index contributed by atoms with van der Waals surface area (Å²) < 4.78 is 0. The van der Waals surface area contributed by atoms with Gasteiger partial charge in [-0.3, -0.25) is 10.1 Å². The van der Waals surface area contributed by atoms with Gasteiger partial charge in [0.25, 0.3) is 5.69 Å². The van der Waals surface area contributed by atoms with Crippen molar-refractivity contribution in [1.29, 1.82) is 0 Å². The minimum absolute atomic E-state index is 0.0893. The van der Waals surface area contributed by atoms with Crippen LogP contribution >= 0.6 is 0 Å². The van der Waals surface area contributed by atoms with Crippen molar-refractivity contribution in [2.24, 2.45) is 0 Å². The Morgan fingerprint density at radius 1 is 0.760 bits per heavy atom. The van der Waals surface area contributed by atoms with Crippen molar-refractivity contribution in [3.05, 3.63) is 94.2 Å². The molecular formula is C21H14N2O2. The van der Waals surface area contributed by atoms with Crippen molar-refractivity contribution in [2.45, 2.75) is 0 Å². The molecule has 0 aliphatic rings. The zero-order chi connectivity index (χ0) is 17.2. The first-order chi connectivity index (χ1) is 12.2. The van der Waals surface area contributed by atoms with Crippen molar-refractivity contribution in [1.82, 2.24) is 4.98 Å². The molecule has 0 N–H and O–H groups in total. The summed E-state index contributed by atoms with van der Waals surface area (Å²) in [5.74, 6) is 0. The van der Waals surface area contributed by atoms with Crippen LogP contribution in [0.3, 0.4) is 0 Å². The molecule has 0 atom stereocenters. The molecule has 0 radical (unpaired) electrons. The van der Waals surface area contributed by atoms with E-state index in [1.54, 1.807) is 12.1 Å². The van der Waals surface area contributed by atoms with E-state index in [0.29, 0.717) is 0 Å². The van der Waals surface area contributed by atoms with E-state index in [0.717, 1.165) is 32.9 Å². The predicted molar refractivity (Wildman–Crippen MR) is 101 cm³/mol. The maximum atomic E-state index is 10.7. The number of nitrogens with zero attached hydrogens (tertiary/aromatic N) is 2. The summed E-state index contributed by atoms with van der Waals surface area (Å²) in [4.78, 5) is 15.1. The number of fused-ring (bicyclic) bond motifs is 3. The van der Waals surface area contributed by atoms with Gasteiger partial charge in [-0.05, 0) is 35.2 Å². The molecule has 0 spiro atoms. The Bertz CT molecular complexity index is 1120. The van der Waals surface area contributed by atoms with E-state index in [-0.39, 0.29) is 5.69 Å². The number of benzene rings is 3. The van der Waals surface area contributed by atoms with Crippen LogP contribution in [0.2, 0.25) is 0 Å². The Kier molecular flexibility index (Phi) is 3.71. The van der Waals surface area contributed by atoms with Gasteiger partial charge in [0.05, 0.1) is 16.1 Å². The Morgan fingerprint density at radius 2 is 1.40 bits per heavy atom. The highest BCUT2D eigenvalue weighted by Crippen LogP contribution is 2.27. The predicted octanol–water partition coefficient (Wildman–Crippen LogP) is 5.47.